The van der Waals surface area contributed by atoms with E-state index in [1.807, 2.05) is 18.2 Å². The number of benzene rings is 1. The summed E-state index contributed by atoms with van der Waals surface area (Å²) in [6.07, 6.45) is 9.52. The molecule has 0 unspecified atom stereocenters. The molecule has 26 heavy (non-hydrogen) atoms. The van der Waals surface area contributed by atoms with Crippen molar-refractivity contribution < 1.29 is 12.8 Å². The Labute approximate surface area is 153 Å². The minimum absolute atomic E-state index is 0.235. The molecule has 0 N–H and O–H groups in total. The first-order chi connectivity index (χ1) is 12.4. The Balaban J connectivity index is 1.78. The monoisotopic (exact) mass is 371 g/mol. The van der Waals surface area contributed by atoms with Gasteiger partial charge in [0.1, 0.15) is 5.82 Å². The first-order valence-corrected chi connectivity index (χ1v) is 10.9. The smallest absolute Gasteiger partial charge is 0.177 e. The molecule has 1 fully saturated rings. The molecule has 0 radical (unpaired) electrons. The minimum atomic E-state index is -3.26. The maximum Gasteiger partial charge on any atom is 0.177 e. The molecular weight excluding hydrogens is 349 g/mol. The average molecular weight is 371 g/mol. The summed E-state index contributed by atoms with van der Waals surface area (Å²) >= 11 is 0. The summed E-state index contributed by atoms with van der Waals surface area (Å²) < 4.78 is 36.8. The van der Waals surface area contributed by atoms with Crippen LogP contribution in [0, 0.1) is 11.2 Å². The highest BCUT2D eigenvalue weighted by Gasteiger charge is 2.41. The summed E-state index contributed by atoms with van der Waals surface area (Å²) in [5, 5.41) is 0. The van der Waals surface area contributed by atoms with Gasteiger partial charge in [-0.1, -0.05) is 25.0 Å². The molecule has 0 aliphatic heterocycles. The van der Waals surface area contributed by atoms with Crippen LogP contribution in [-0.4, -0.2) is 19.7 Å². The Hall–Kier alpha value is -2.01. The molecule has 2 aromatic rings. The fraction of sp³-hybridized carbons (Fsp3) is 0.381. The zero-order valence-corrected chi connectivity index (χ0v) is 15.7. The van der Waals surface area contributed by atoms with Crippen LogP contribution in [0.3, 0.4) is 0 Å². The van der Waals surface area contributed by atoms with E-state index in [4.69, 9.17) is 0 Å². The van der Waals surface area contributed by atoms with Gasteiger partial charge in [-0.3, -0.25) is 4.98 Å². The summed E-state index contributed by atoms with van der Waals surface area (Å²) in [6, 6.07) is 10.1. The van der Waals surface area contributed by atoms with Crippen LogP contribution < -0.4 is 0 Å². The molecule has 1 spiro atoms. The lowest BCUT2D eigenvalue weighted by Gasteiger charge is -2.23. The Bertz CT molecular complexity index is 954. The van der Waals surface area contributed by atoms with Crippen LogP contribution >= 0.6 is 0 Å². The standard InChI is InChI=1S/C21H22FNO2S/c1-26(24,25)17-8-9-20(23-14-17)19-13-21(10-2-3-11-21)12-18(19)15-4-6-16(22)7-5-15/h4-9,14H,2-3,10-13H2,1H3. The van der Waals surface area contributed by atoms with Crippen LogP contribution in [-0.2, 0) is 9.84 Å². The van der Waals surface area contributed by atoms with Crippen LogP contribution in [0.5, 0.6) is 0 Å². The van der Waals surface area contributed by atoms with Gasteiger partial charge in [-0.15, -0.1) is 0 Å². The number of hydrogen-bond acceptors (Lipinski definition) is 3. The molecule has 4 rings (SSSR count). The normalized spacial score (nSPS) is 19.5. The van der Waals surface area contributed by atoms with Crippen LogP contribution in [0.2, 0.25) is 0 Å². The lowest BCUT2D eigenvalue weighted by Crippen LogP contribution is -2.11. The van der Waals surface area contributed by atoms with E-state index >= 15 is 0 Å². The predicted molar refractivity (Wildman–Crippen MR) is 101 cm³/mol. The molecule has 2 aliphatic rings. The van der Waals surface area contributed by atoms with Gasteiger partial charge in [-0.2, -0.15) is 0 Å². The van der Waals surface area contributed by atoms with E-state index in [0.717, 1.165) is 24.1 Å². The molecule has 2 aliphatic carbocycles. The molecule has 1 heterocycles. The number of nitrogens with zero attached hydrogens (tertiary/aromatic N) is 1. The van der Waals surface area contributed by atoms with E-state index in [-0.39, 0.29) is 16.1 Å². The van der Waals surface area contributed by atoms with Crippen molar-refractivity contribution >= 4 is 21.0 Å². The van der Waals surface area contributed by atoms with Crippen LogP contribution in [0.1, 0.15) is 49.8 Å². The summed E-state index contributed by atoms with van der Waals surface area (Å²) in [7, 11) is -3.26. The Morgan fingerprint density at radius 1 is 0.962 bits per heavy atom. The van der Waals surface area contributed by atoms with Gasteiger partial charge in [0.05, 0.1) is 10.6 Å². The maximum absolute atomic E-state index is 13.4. The van der Waals surface area contributed by atoms with Crippen molar-refractivity contribution in [1.29, 1.82) is 0 Å². The zero-order valence-electron chi connectivity index (χ0n) is 14.8. The Kier molecular flexibility index (Phi) is 4.22. The van der Waals surface area contributed by atoms with Crippen molar-refractivity contribution in [1.82, 2.24) is 4.98 Å². The van der Waals surface area contributed by atoms with E-state index in [9.17, 15) is 12.8 Å². The first kappa shape index (κ1) is 17.4. The molecule has 0 atom stereocenters. The van der Waals surface area contributed by atoms with E-state index < -0.39 is 9.84 Å². The average Bonchev–Trinajstić information content (AvgIpc) is 3.22. The van der Waals surface area contributed by atoms with Crippen molar-refractivity contribution in [3.8, 4) is 0 Å². The molecule has 1 aromatic heterocycles. The molecule has 0 saturated heterocycles. The lowest BCUT2D eigenvalue weighted by atomic mass is 9.81. The number of aromatic nitrogens is 1. The number of halogens is 1. The zero-order chi connectivity index (χ0) is 18.4. The van der Waals surface area contributed by atoms with Gasteiger partial charge < -0.3 is 0 Å². The summed E-state index contributed by atoms with van der Waals surface area (Å²) in [6.45, 7) is 0. The van der Waals surface area contributed by atoms with E-state index in [1.165, 1.54) is 61.4 Å². The Morgan fingerprint density at radius 3 is 2.19 bits per heavy atom. The van der Waals surface area contributed by atoms with Crippen LogP contribution in [0.25, 0.3) is 11.1 Å². The number of rotatable bonds is 3. The second-order valence-corrected chi connectivity index (χ2v) is 9.69. The van der Waals surface area contributed by atoms with Crippen LogP contribution in [0.15, 0.2) is 47.5 Å². The highest BCUT2D eigenvalue weighted by Crippen LogP contribution is 2.57. The SMILES string of the molecule is CS(=O)(=O)c1ccc(C2=C(c3ccc(F)cc3)CC3(CCCC3)C2)nc1. The molecule has 0 amide bonds. The first-order valence-electron chi connectivity index (χ1n) is 9.01. The van der Waals surface area contributed by atoms with Crippen molar-refractivity contribution in [2.24, 2.45) is 5.41 Å². The number of allylic oxidation sites excluding steroid dienone is 2. The Morgan fingerprint density at radius 2 is 1.62 bits per heavy atom. The largest absolute Gasteiger partial charge is 0.255 e. The van der Waals surface area contributed by atoms with Crippen molar-refractivity contribution in [2.75, 3.05) is 6.26 Å². The van der Waals surface area contributed by atoms with Crippen LogP contribution in [0.4, 0.5) is 4.39 Å². The lowest BCUT2D eigenvalue weighted by molar-refractivity contribution is 0.329. The van der Waals surface area contributed by atoms with Gasteiger partial charge in [0.2, 0.25) is 0 Å². The predicted octanol–water partition coefficient (Wildman–Crippen LogP) is 4.89. The molecule has 5 heteroatoms. The van der Waals surface area contributed by atoms with Gasteiger partial charge in [0, 0.05) is 12.5 Å². The van der Waals surface area contributed by atoms with Crippen molar-refractivity contribution in [3.63, 3.8) is 0 Å². The van der Waals surface area contributed by atoms with Gasteiger partial charge >= 0.3 is 0 Å². The second kappa shape index (κ2) is 6.31. The summed E-state index contributed by atoms with van der Waals surface area (Å²) in [5.41, 5.74) is 4.57. The van der Waals surface area contributed by atoms with E-state index in [2.05, 4.69) is 4.98 Å². The van der Waals surface area contributed by atoms with Gasteiger partial charge in [0.15, 0.2) is 9.84 Å². The molecule has 3 nitrogen and oxygen atoms in total. The fourth-order valence-corrected chi connectivity index (χ4v) is 5.01. The van der Waals surface area contributed by atoms with Crippen molar-refractivity contribution in [2.45, 2.75) is 43.4 Å². The number of sulfone groups is 1. The third kappa shape index (κ3) is 3.20. The van der Waals surface area contributed by atoms with E-state index in [0.29, 0.717) is 0 Å². The quantitative estimate of drug-likeness (QED) is 0.772. The maximum atomic E-state index is 13.4. The summed E-state index contributed by atoms with van der Waals surface area (Å²) in [4.78, 5) is 4.70. The van der Waals surface area contributed by atoms with Gasteiger partial charge in [0.25, 0.3) is 0 Å². The molecule has 1 aromatic carbocycles. The third-order valence-electron chi connectivity index (χ3n) is 5.80. The highest BCUT2D eigenvalue weighted by atomic mass is 32.2. The molecular formula is C21H22FNO2S. The fourth-order valence-electron chi connectivity index (χ4n) is 4.46. The molecule has 0 bridgehead atoms. The van der Waals surface area contributed by atoms with Gasteiger partial charge in [-0.05, 0) is 72.1 Å². The topological polar surface area (TPSA) is 47.0 Å². The van der Waals surface area contributed by atoms with E-state index in [1.54, 1.807) is 6.07 Å². The summed E-state index contributed by atoms with van der Waals surface area (Å²) in [5.74, 6) is -0.236. The number of pyridine rings is 1. The minimum Gasteiger partial charge on any atom is -0.255 e. The highest BCUT2D eigenvalue weighted by molar-refractivity contribution is 7.90. The molecule has 136 valence electrons. The number of hydrogen-bond donors (Lipinski definition) is 0. The second-order valence-electron chi connectivity index (χ2n) is 7.68. The third-order valence-corrected chi connectivity index (χ3v) is 6.90. The van der Waals surface area contributed by atoms with Crippen molar-refractivity contribution in [3.05, 3.63) is 59.7 Å². The molecule has 1 saturated carbocycles. The van der Waals surface area contributed by atoms with Gasteiger partial charge in [-0.25, -0.2) is 12.8 Å².